The molecule has 14 nitrogen and oxygen atoms in total. The molecule has 0 spiro atoms. The number of morpholine rings is 2. The molecule has 0 bridgehead atoms. The van der Waals surface area contributed by atoms with Gasteiger partial charge in [0.1, 0.15) is 23.1 Å². The molecule has 9 rings (SSSR count). The second-order valence-electron chi connectivity index (χ2n) is 15.8. The van der Waals surface area contributed by atoms with Gasteiger partial charge >= 0.3 is 0 Å². The van der Waals surface area contributed by atoms with Crippen molar-refractivity contribution in [1.82, 2.24) is 29.7 Å². The number of amides is 1. The Kier molecular flexibility index (Phi) is 12.2. The van der Waals surface area contributed by atoms with Crippen molar-refractivity contribution in [2.75, 3.05) is 101 Å². The van der Waals surface area contributed by atoms with Crippen molar-refractivity contribution >= 4 is 29.3 Å². The average molecular weight is 830 g/mol. The van der Waals surface area contributed by atoms with Gasteiger partial charge in [-0.25, -0.2) is 19.3 Å². The number of aromatic nitrogens is 4. The van der Waals surface area contributed by atoms with E-state index in [1.165, 1.54) is 6.07 Å². The largest absolute Gasteiger partial charge is 0.497 e. The molecule has 6 heterocycles. The van der Waals surface area contributed by atoms with Crippen LogP contribution < -0.4 is 24.2 Å². The number of carbonyl (C=O) groups is 1. The van der Waals surface area contributed by atoms with Gasteiger partial charge in [0.2, 0.25) is 11.9 Å². The maximum Gasteiger partial charge on any atom is 0.253 e. The number of anilines is 4. The summed E-state index contributed by atoms with van der Waals surface area (Å²) in [5.74, 6) is 2.73. The van der Waals surface area contributed by atoms with Gasteiger partial charge in [0.25, 0.3) is 5.91 Å². The Labute approximate surface area is 355 Å². The maximum atomic E-state index is 16.3. The summed E-state index contributed by atoms with van der Waals surface area (Å²) in [6.07, 6.45) is 6.04. The van der Waals surface area contributed by atoms with E-state index in [0.717, 1.165) is 72.9 Å². The normalized spacial score (nSPS) is 17.3. The molecule has 0 N–H and O–H groups in total. The number of piperidine rings is 1. The Bertz CT molecular complexity index is 2230. The fraction of sp³-hybridized carbons (Fsp3) is 0.413. The number of rotatable bonds is 12. The maximum absolute atomic E-state index is 16.3. The van der Waals surface area contributed by atoms with Crippen molar-refractivity contribution in [3.8, 4) is 22.8 Å². The Hall–Kier alpha value is -5.90. The third-order valence-electron chi connectivity index (χ3n) is 12.2. The van der Waals surface area contributed by atoms with Gasteiger partial charge in [0.05, 0.1) is 52.0 Å². The quantitative estimate of drug-likeness (QED) is 0.152. The zero-order valence-electron chi connectivity index (χ0n) is 34.8. The van der Waals surface area contributed by atoms with Crippen LogP contribution in [0.3, 0.4) is 0 Å². The predicted octanol–water partition coefficient (Wildman–Crippen LogP) is 5.76. The SMILES string of the molecule is COc1ccc(CN(Cc2ccc(OC)cc2)c2ncc(-c3nc(N4CCOCC4)nc4c3CCN4c3ccc(C(=O)N4CCC(N5CCOCC5)CC4)cc3F)cn2)cc1. The molecule has 61 heavy (non-hydrogen) atoms. The van der Waals surface area contributed by atoms with Crippen LogP contribution in [0.5, 0.6) is 11.5 Å². The van der Waals surface area contributed by atoms with Crippen LogP contribution in [0.1, 0.15) is 39.9 Å². The van der Waals surface area contributed by atoms with Gasteiger partial charge in [-0.1, -0.05) is 24.3 Å². The molecule has 0 atom stereocenters. The lowest BCUT2D eigenvalue weighted by Gasteiger charge is -2.40. The molecule has 5 aromatic rings. The second-order valence-corrected chi connectivity index (χ2v) is 15.8. The van der Waals surface area contributed by atoms with Crippen LogP contribution in [0, 0.1) is 5.82 Å². The van der Waals surface area contributed by atoms with E-state index in [2.05, 4.69) is 14.7 Å². The van der Waals surface area contributed by atoms with Gasteiger partial charge in [-0.05, 0) is 72.9 Å². The summed E-state index contributed by atoms with van der Waals surface area (Å²) in [5.41, 5.74) is 5.24. The highest BCUT2D eigenvalue weighted by Gasteiger charge is 2.32. The average Bonchev–Trinajstić information content (AvgIpc) is 3.75. The molecule has 4 aliphatic heterocycles. The van der Waals surface area contributed by atoms with Crippen LogP contribution in [-0.4, -0.2) is 128 Å². The number of hydrogen-bond donors (Lipinski definition) is 0. The third kappa shape index (κ3) is 8.95. The monoisotopic (exact) mass is 829 g/mol. The second kappa shape index (κ2) is 18.4. The summed E-state index contributed by atoms with van der Waals surface area (Å²) in [5, 5.41) is 0. The van der Waals surface area contributed by atoms with Crippen molar-refractivity contribution in [2.24, 2.45) is 0 Å². The zero-order valence-corrected chi connectivity index (χ0v) is 34.8. The molecule has 1 amide bonds. The number of halogens is 1. The highest BCUT2D eigenvalue weighted by atomic mass is 19.1. The number of hydrogen-bond acceptors (Lipinski definition) is 13. The number of likely N-dealkylation sites (tertiary alicyclic amines) is 1. The first kappa shape index (κ1) is 40.5. The molecule has 0 radical (unpaired) electrons. The van der Waals surface area contributed by atoms with Crippen LogP contribution in [0.15, 0.2) is 79.1 Å². The predicted molar refractivity (Wildman–Crippen MR) is 230 cm³/mol. The van der Waals surface area contributed by atoms with Crippen molar-refractivity contribution in [2.45, 2.75) is 38.4 Å². The molecule has 3 saturated heterocycles. The van der Waals surface area contributed by atoms with Crippen LogP contribution in [-0.2, 0) is 29.0 Å². The molecule has 0 aliphatic carbocycles. The molecule has 15 heteroatoms. The Morgan fingerprint density at radius 2 is 1.38 bits per heavy atom. The van der Waals surface area contributed by atoms with E-state index in [1.807, 2.05) is 70.7 Å². The number of benzene rings is 3. The number of carbonyl (C=O) groups excluding carboxylic acids is 1. The van der Waals surface area contributed by atoms with Crippen LogP contribution in [0.25, 0.3) is 11.3 Å². The molecule has 3 aromatic carbocycles. The molecule has 318 valence electrons. The van der Waals surface area contributed by atoms with Gasteiger partial charge in [-0.2, -0.15) is 4.98 Å². The summed E-state index contributed by atoms with van der Waals surface area (Å²) in [6.45, 7) is 8.71. The molecular weight excluding hydrogens is 778 g/mol. The smallest absolute Gasteiger partial charge is 0.253 e. The van der Waals surface area contributed by atoms with Crippen molar-refractivity contribution in [3.63, 3.8) is 0 Å². The van der Waals surface area contributed by atoms with E-state index in [9.17, 15) is 4.79 Å². The van der Waals surface area contributed by atoms with Crippen LogP contribution >= 0.6 is 0 Å². The lowest BCUT2D eigenvalue weighted by Crippen LogP contribution is -2.50. The zero-order chi connectivity index (χ0) is 41.7. The molecule has 4 aliphatic rings. The summed E-state index contributed by atoms with van der Waals surface area (Å²) >= 11 is 0. The van der Waals surface area contributed by atoms with Crippen molar-refractivity contribution in [1.29, 1.82) is 0 Å². The van der Waals surface area contributed by atoms with E-state index >= 15 is 4.39 Å². The minimum absolute atomic E-state index is 0.137. The molecule has 0 saturated carbocycles. The minimum atomic E-state index is -0.462. The first-order valence-electron chi connectivity index (χ1n) is 21.2. The van der Waals surface area contributed by atoms with Gasteiger partial charge in [-0.15, -0.1) is 0 Å². The van der Waals surface area contributed by atoms with E-state index in [0.29, 0.717) is 106 Å². The number of fused-ring (bicyclic) bond motifs is 1. The van der Waals surface area contributed by atoms with E-state index in [4.69, 9.17) is 38.9 Å². The van der Waals surface area contributed by atoms with Crippen molar-refractivity contribution in [3.05, 3.63) is 107 Å². The Morgan fingerprint density at radius 3 is 1.97 bits per heavy atom. The summed E-state index contributed by atoms with van der Waals surface area (Å²) < 4.78 is 38.2. The summed E-state index contributed by atoms with van der Waals surface area (Å²) in [4.78, 5) is 44.1. The van der Waals surface area contributed by atoms with Gasteiger partial charge in [-0.3, -0.25) is 9.69 Å². The molecular formula is C46H52FN9O5. The third-order valence-corrected chi connectivity index (χ3v) is 12.2. The van der Waals surface area contributed by atoms with Gasteiger partial charge < -0.3 is 38.5 Å². The van der Waals surface area contributed by atoms with Crippen LogP contribution in [0.2, 0.25) is 0 Å². The number of methoxy groups -OCH3 is 2. The Morgan fingerprint density at radius 1 is 0.770 bits per heavy atom. The van der Waals surface area contributed by atoms with Crippen molar-refractivity contribution < 1.29 is 28.1 Å². The molecule has 2 aromatic heterocycles. The Balaban J connectivity index is 0.980. The molecule has 3 fully saturated rings. The molecule has 0 unspecified atom stereocenters. The van der Waals surface area contributed by atoms with E-state index in [1.54, 1.807) is 26.4 Å². The van der Waals surface area contributed by atoms with Gasteiger partial charge in [0.15, 0.2) is 0 Å². The standard InChI is InChI=1S/C46H52FN9O5/c1-58-37-8-3-32(4-9-37)30-55(31-33-5-10-38(59-2)11-6-33)45-48-28-35(29-49-45)42-39-15-18-56(43(39)51-46(50-42)54-21-25-61-26-22-54)41-12-7-34(27-40(41)47)44(57)53-16-13-36(14-17-53)52-19-23-60-24-20-52/h3-12,27-29,36H,13-26,30-31H2,1-2H3. The fourth-order valence-electron chi connectivity index (χ4n) is 8.75. The lowest BCUT2D eigenvalue weighted by molar-refractivity contribution is 0.00158. The highest BCUT2D eigenvalue weighted by Crippen LogP contribution is 2.40. The highest BCUT2D eigenvalue weighted by molar-refractivity contribution is 5.95. The number of nitrogens with zero attached hydrogens (tertiary/aromatic N) is 9. The van der Waals surface area contributed by atoms with Gasteiger partial charge in [0, 0.05) is 94.0 Å². The van der Waals surface area contributed by atoms with E-state index in [-0.39, 0.29) is 5.91 Å². The summed E-state index contributed by atoms with van der Waals surface area (Å²) in [6, 6.07) is 21.3. The number of ether oxygens (including phenoxy) is 4. The summed E-state index contributed by atoms with van der Waals surface area (Å²) in [7, 11) is 3.32. The fourth-order valence-corrected chi connectivity index (χ4v) is 8.75. The topological polar surface area (TPSA) is 122 Å². The lowest BCUT2D eigenvalue weighted by atomic mass is 10.0. The van der Waals surface area contributed by atoms with Crippen LogP contribution in [0.4, 0.5) is 27.8 Å². The first-order valence-corrected chi connectivity index (χ1v) is 21.2. The van der Waals surface area contributed by atoms with E-state index < -0.39 is 5.82 Å². The minimum Gasteiger partial charge on any atom is -0.497 e. The first-order chi connectivity index (χ1) is 29.9.